The van der Waals surface area contributed by atoms with Crippen molar-refractivity contribution in [3.63, 3.8) is 0 Å². The highest BCUT2D eigenvalue weighted by molar-refractivity contribution is 5.89. The molecule has 0 saturated heterocycles. The molecule has 0 fully saturated rings. The minimum atomic E-state index is -1.14. The first-order valence-corrected chi connectivity index (χ1v) is 6.76. The van der Waals surface area contributed by atoms with Crippen molar-refractivity contribution in [2.24, 2.45) is 0 Å². The molecule has 0 heterocycles. The average molecular weight is 266 g/mol. The molecule has 4 nitrogen and oxygen atoms in total. The second-order valence-electron chi connectivity index (χ2n) is 4.75. The smallest absolute Gasteiger partial charge is 0.336 e. The summed E-state index contributed by atoms with van der Waals surface area (Å²) < 4.78 is 0. The van der Waals surface area contributed by atoms with Crippen molar-refractivity contribution < 1.29 is 20.1 Å². The lowest BCUT2D eigenvalue weighted by Crippen LogP contribution is -2.20. The van der Waals surface area contributed by atoms with Gasteiger partial charge in [0.05, 0.1) is 11.7 Å². The lowest BCUT2D eigenvalue weighted by Gasteiger charge is -2.19. The highest BCUT2D eigenvalue weighted by Crippen LogP contribution is 2.24. The Morgan fingerprint density at radius 3 is 2.47 bits per heavy atom. The van der Waals surface area contributed by atoms with Crippen LogP contribution < -0.4 is 0 Å². The number of hydrogen-bond acceptors (Lipinski definition) is 3. The fourth-order valence-corrected chi connectivity index (χ4v) is 2.10. The Kier molecular flexibility index (Phi) is 6.53. The highest BCUT2D eigenvalue weighted by atomic mass is 16.4. The zero-order chi connectivity index (χ0) is 14.3. The number of unbranched alkanes of at least 4 members (excludes halogenated alkanes) is 3. The molecule has 1 aromatic rings. The van der Waals surface area contributed by atoms with E-state index in [1.807, 2.05) is 0 Å². The van der Waals surface area contributed by atoms with Crippen LogP contribution in [0.2, 0.25) is 0 Å². The summed E-state index contributed by atoms with van der Waals surface area (Å²) in [4.78, 5) is 11.1. The van der Waals surface area contributed by atoms with E-state index in [-0.39, 0.29) is 11.1 Å². The van der Waals surface area contributed by atoms with Crippen LogP contribution in [0.4, 0.5) is 0 Å². The molecule has 0 aliphatic rings. The van der Waals surface area contributed by atoms with Gasteiger partial charge in [0.1, 0.15) is 6.10 Å². The Hall–Kier alpha value is -1.39. The van der Waals surface area contributed by atoms with E-state index in [0.717, 1.165) is 25.7 Å². The molecule has 0 spiro atoms. The van der Waals surface area contributed by atoms with Gasteiger partial charge in [0.2, 0.25) is 0 Å². The van der Waals surface area contributed by atoms with Crippen molar-refractivity contribution in [3.05, 3.63) is 35.4 Å². The van der Waals surface area contributed by atoms with Crippen molar-refractivity contribution in [2.45, 2.75) is 51.2 Å². The summed E-state index contributed by atoms with van der Waals surface area (Å²) in [7, 11) is 0. The largest absolute Gasteiger partial charge is 0.478 e. The third-order valence-electron chi connectivity index (χ3n) is 3.23. The molecule has 4 heteroatoms. The normalized spacial score (nSPS) is 14.1. The van der Waals surface area contributed by atoms with Gasteiger partial charge in [0, 0.05) is 0 Å². The molecule has 1 rings (SSSR count). The van der Waals surface area contributed by atoms with Crippen molar-refractivity contribution in [2.75, 3.05) is 0 Å². The van der Waals surface area contributed by atoms with Crippen LogP contribution >= 0.6 is 0 Å². The van der Waals surface area contributed by atoms with Crippen LogP contribution in [0.25, 0.3) is 0 Å². The van der Waals surface area contributed by atoms with Crippen molar-refractivity contribution in [3.8, 4) is 0 Å². The molecule has 0 aromatic heterocycles. The Morgan fingerprint density at radius 1 is 1.16 bits per heavy atom. The van der Waals surface area contributed by atoms with E-state index in [9.17, 15) is 15.0 Å². The highest BCUT2D eigenvalue weighted by Gasteiger charge is 2.22. The van der Waals surface area contributed by atoms with Crippen LogP contribution in [-0.2, 0) is 0 Å². The standard InChI is InChI=1S/C15H22O4/c1-2-3-4-5-10-13(16)14(17)11-8-6-7-9-12(11)15(18)19/h6-9,13-14,16-17H,2-5,10H2,1H3,(H,18,19). The SMILES string of the molecule is CCCCCCC(O)C(O)c1ccccc1C(=O)O. The fraction of sp³-hybridized carbons (Fsp3) is 0.533. The molecule has 106 valence electrons. The maximum absolute atomic E-state index is 11.1. The van der Waals surface area contributed by atoms with Gasteiger partial charge < -0.3 is 15.3 Å². The third-order valence-corrected chi connectivity index (χ3v) is 3.23. The van der Waals surface area contributed by atoms with Crippen LogP contribution in [0.5, 0.6) is 0 Å². The lowest BCUT2D eigenvalue weighted by atomic mass is 9.95. The van der Waals surface area contributed by atoms with Gasteiger partial charge in [0.25, 0.3) is 0 Å². The minimum Gasteiger partial charge on any atom is -0.478 e. The summed E-state index contributed by atoms with van der Waals surface area (Å²) in [6.45, 7) is 2.11. The summed E-state index contributed by atoms with van der Waals surface area (Å²) in [5, 5.41) is 29.0. The average Bonchev–Trinajstić information content (AvgIpc) is 2.42. The number of carboxylic acid groups (broad SMARTS) is 1. The number of carbonyl (C=O) groups is 1. The predicted octanol–water partition coefficient (Wildman–Crippen LogP) is 2.75. The zero-order valence-corrected chi connectivity index (χ0v) is 11.2. The number of benzene rings is 1. The third kappa shape index (κ3) is 4.65. The van der Waals surface area contributed by atoms with E-state index in [4.69, 9.17) is 5.11 Å². The van der Waals surface area contributed by atoms with Crippen molar-refractivity contribution in [1.82, 2.24) is 0 Å². The second-order valence-corrected chi connectivity index (χ2v) is 4.75. The molecular weight excluding hydrogens is 244 g/mol. The predicted molar refractivity (Wildman–Crippen MR) is 73.1 cm³/mol. The van der Waals surface area contributed by atoms with Crippen LogP contribution in [-0.4, -0.2) is 27.4 Å². The van der Waals surface area contributed by atoms with Crippen LogP contribution in [0.15, 0.2) is 24.3 Å². The van der Waals surface area contributed by atoms with E-state index in [0.29, 0.717) is 6.42 Å². The molecule has 0 aliphatic heterocycles. The Bertz CT molecular complexity index is 403. The Morgan fingerprint density at radius 2 is 1.84 bits per heavy atom. The van der Waals surface area contributed by atoms with E-state index in [2.05, 4.69) is 6.92 Å². The summed E-state index contributed by atoms with van der Waals surface area (Å²) in [5.74, 6) is -1.09. The molecule has 3 N–H and O–H groups in total. The summed E-state index contributed by atoms with van der Waals surface area (Å²) >= 11 is 0. The van der Waals surface area contributed by atoms with Crippen LogP contribution in [0.3, 0.4) is 0 Å². The molecule has 0 radical (unpaired) electrons. The van der Waals surface area contributed by atoms with E-state index >= 15 is 0 Å². The first-order valence-electron chi connectivity index (χ1n) is 6.76. The lowest BCUT2D eigenvalue weighted by molar-refractivity contribution is 0.0111. The quantitative estimate of drug-likeness (QED) is 0.632. The molecule has 0 saturated carbocycles. The number of carboxylic acids is 1. The van der Waals surface area contributed by atoms with E-state index in [1.54, 1.807) is 18.2 Å². The summed E-state index contributed by atoms with van der Waals surface area (Å²) in [6, 6.07) is 6.25. The van der Waals surface area contributed by atoms with Crippen molar-refractivity contribution in [1.29, 1.82) is 0 Å². The van der Waals surface area contributed by atoms with Gasteiger partial charge in [0.15, 0.2) is 0 Å². The molecule has 2 unspecified atom stereocenters. The minimum absolute atomic E-state index is 0.0441. The number of aliphatic hydroxyl groups is 2. The Labute approximate surface area is 113 Å². The maximum Gasteiger partial charge on any atom is 0.336 e. The zero-order valence-electron chi connectivity index (χ0n) is 11.2. The summed E-state index contributed by atoms with van der Waals surface area (Å²) in [6.07, 6.45) is 2.48. The van der Waals surface area contributed by atoms with Gasteiger partial charge in [-0.2, -0.15) is 0 Å². The maximum atomic E-state index is 11.1. The van der Waals surface area contributed by atoms with Gasteiger partial charge in [-0.1, -0.05) is 50.8 Å². The van der Waals surface area contributed by atoms with Gasteiger partial charge in [-0.15, -0.1) is 0 Å². The van der Waals surface area contributed by atoms with Crippen molar-refractivity contribution >= 4 is 5.97 Å². The topological polar surface area (TPSA) is 77.8 Å². The number of aromatic carboxylic acids is 1. The monoisotopic (exact) mass is 266 g/mol. The van der Waals surface area contributed by atoms with E-state index < -0.39 is 18.2 Å². The molecule has 0 aliphatic carbocycles. The summed E-state index contributed by atoms with van der Waals surface area (Å²) in [5.41, 5.74) is 0.320. The fourth-order valence-electron chi connectivity index (χ4n) is 2.10. The number of hydrogen-bond donors (Lipinski definition) is 3. The first kappa shape index (κ1) is 15.7. The Balaban J connectivity index is 2.66. The molecular formula is C15H22O4. The van der Waals surface area contributed by atoms with E-state index in [1.165, 1.54) is 6.07 Å². The van der Waals surface area contributed by atoms with Gasteiger partial charge in [-0.25, -0.2) is 4.79 Å². The van der Waals surface area contributed by atoms with Gasteiger partial charge in [-0.3, -0.25) is 0 Å². The molecule has 1 aromatic carbocycles. The molecule has 0 amide bonds. The molecule has 2 atom stereocenters. The van der Waals surface area contributed by atoms with Gasteiger partial charge in [-0.05, 0) is 18.1 Å². The second kappa shape index (κ2) is 7.92. The molecule has 19 heavy (non-hydrogen) atoms. The number of rotatable bonds is 8. The first-order chi connectivity index (χ1) is 9.07. The van der Waals surface area contributed by atoms with Crippen LogP contribution in [0, 0.1) is 0 Å². The molecule has 0 bridgehead atoms. The van der Waals surface area contributed by atoms with Gasteiger partial charge >= 0.3 is 5.97 Å². The number of aliphatic hydroxyl groups excluding tert-OH is 2. The van der Waals surface area contributed by atoms with Crippen LogP contribution in [0.1, 0.15) is 61.1 Å².